The fourth-order valence-corrected chi connectivity index (χ4v) is 1.65. The summed E-state index contributed by atoms with van der Waals surface area (Å²) < 4.78 is 5.53. The maximum absolute atomic E-state index is 5.53. The third-order valence-corrected chi connectivity index (χ3v) is 2.70. The number of nitrogens with two attached hydrogens (primary N) is 1. The number of rotatable bonds is 11. The molecule has 0 saturated heterocycles. The number of ether oxygens (including phenoxy) is 1. The van der Waals surface area contributed by atoms with Gasteiger partial charge < -0.3 is 10.5 Å². The summed E-state index contributed by atoms with van der Waals surface area (Å²) in [5.41, 5.74) is 5.39. The highest BCUT2D eigenvalue weighted by Gasteiger charge is 2.01. The molecule has 0 saturated carbocycles. The van der Waals surface area contributed by atoms with Crippen LogP contribution in [0.3, 0.4) is 0 Å². The van der Waals surface area contributed by atoms with Gasteiger partial charge >= 0.3 is 0 Å². The van der Waals surface area contributed by atoms with Crippen LogP contribution in [-0.4, -0.2) is 19.8 Å². The van der Waals surface area contributed by atoms with Crippen LogP contribution in [0.2, 0.25) is 0 Å². The first-order valence-electron chi connectivity index (χ1n) is 6.59. The third-order valence-electron chi connectivity index (χ3n) is 2.70. The van der Waals surface area contributed by atoms with Gasteiger partial charge in [-0.15, -0.1) is 0 Å². The minimum absolute atomic E-state index is 0.712. The van der Waals surface area contributed by atoms with Crippen molar-refractivity contribution in [2.24, 2.45) is 11.7 Å². The molecular weight excluding hydrogens is 186 g/mol. The molecule has 0 radical (unpaired) electrons. The van der Waals surface area contributed by atoms with Crippen molar-refractivity contribution in [3.05, 3.63) is 0 Å². The molecule has 0 fully saturated rings. The summed E-state index contributed by atoms with van der Waals surface area (Å²) in [6.45, 7) is 7.02. The van der Waals surface area contributed by atoms with E-state index in [1.807, 2.05) is 0 Å². The summed E-state index contributed by atoms with van der Waals surface area (Å²) in [5.74, 6) is 0.712. The van der Waals surface area contributed by atoms with E-state index in [1.54, 1.807) is 0 Å². The van der Waals surface area contributed by atoms with Crippen LogP contribution in [0.4, 0.5) is 0 Å². The smallest absolute Gasteiger partial charge is 0.0491 e. The van der Waals surface area contributed by atoms with E-state index in [9.17, 15) is 0 Å². The van der Waals surface area contributed by atoms with Gasteiger partial charge in [-0.2, -0.15) is 0 Å². The van der Waals surface area contributed by atoms with E-state index in [1.165, 1.54) is 38.5 Å². The molecule has 0 aromatic carbocycles. The van der Waals surface area contributed by atoms with Crippen LogP contribution in [-0.2, 0) is 4.74 Å². The molecule has 0 spiro atoms. The van der Waals surface area contributed by atoms with Crippen LogP contribution in [0.15, 0.2) is 0 Å². The monoisotopic (exact) mass is 215 g/mol. The van der Waals surface area contributed by atoms with Gasteiger partial charge in [0.25, 0.3) is 0 Å². The average Bonchev–Trinajstić information content (AvgIpc) is 2.24. The van der Waals surface area contributed by atoms with Gasteiger partial charge in [0.15, 0.2) is 0 Å². The third kappa shape index (κ3) is 11.8. The van der Waals surface area contributed by atoms with Crippen molar-refractivity contribution in [2.75, 3.05) is 19.8 Å². The molecule has 0 aliphatic heterocycles. The zero-order valence-corrected chi connectivity index (χ0v) is 10.6. The summed E-state index contributed by atoms with van der Waals surface area (Å²) in [5, 5.41) is 0. The molecule has 0 bridgehead atoms. The molecule has 15 heavy (non-hydrogen) atoms. The molecular formula is C13H29NO. The lowest BCUT2D eigenvalue weighted by atomic mass is 10.0. The van der Waals surface area contributed by atoms with E-state index < -0.39 is 0 Å². The minimum Gasteiger partial charge on any atom is -0.381 e. The highest BCUT2D eigenvalue weighted by Crippen LogP contribution is 2.11. The summed E-state index contributed by atoms with van der Waals surface area (Å²) in [6, 6.07) is 0. The van der Waals surface area contributed by atoms with E-state index in [-0.39, 0.29) is 0 Å². The fraction of sp³-hybridized carbons (Fsp3) is 1.00. The van der Waals surface area contributed by atoms with E-state index in [0.29, 0.717) is 5.92 Å². The van der Waals surface area contributed by atoms with Crippen LogP contribution in [0.25, 0.3) is 0 Å². The Kier molecular flexibility index (Phi) is 11.9. The normalized spacial score (nSPS) is 13.0. The van der Waals surface area contributed by atoms with Gasteiger partial charge in [-0.05, 0) is 25.3 Å². The molecule has 0 aromatic rings. The van der Waals surface area contributed by atoms with Gasteiger partial charge in [0.1, 0.15) is 0 Å². The molecule has 92 valence electrons. The Labute approximate surface area is 95.6 Å². The number of unbranched alkanes of at least 4 members (excludes halogenated alkanes) is 4. The Balaban J connectivity index is 3.08. The summed E-state index contributed by atoms with van der Waals surface area (Å²) in [6.07, 6.45) is 9.17. The molecule has 0 amide bonds. The van der Waals surface area contributed by atoms with Crippen molar-refractivity contribution >= 4 is 0 Å². The van der Waals surface area contributed by atoms with Gasteiger partial charge in [-0.1, -0.05) is 46.0 Å². The minimum atomic E-state index is 0.712. The van der Waals surface area contributed by atoms with Crippen molar-refractivity contribution in [2.45, 2.75) is 58.8 Å². The lowest BCUT2D eigenvalue weighted by molar-refractivity contribution is 0.100. The zero-order chi connectivity index (χ0) is 11.4. The largest absolute Gasteiger partial charge is 0.381 e. The number of hydrogen-bond acceptors (Lipinski definition) is 2. The van der Waals surface area contributed by atoms with Crippen molar-refractivity contribution in [1.82, 2.24) is 0 Å². The van der Waals surface area contributed by atoms with Crippen LogP contribution in [0.5, 0.6) is 0 Å². The lowest BCUT2D eigenvalue weighted by Crippen LogP contribution is -2.09. The topological polar surface area (TPSA) is 35.2 Å². The second-order valence-corrected chi connectivity index (χ2v) is 4.53. The maximum Gasteiger partial charge on any atom is 0.0491 e. The lowest BCUT2D eigenvalue weighted by Gasteiger charge is -2.11. The first kappa shape index (κ1) is 14.9. The summed E-state index contributed by atoms with van der Waals surface area (Å²) >= 11 is 0. The Morgan fingerprint density at radius 3 is 2.47 bits per heavy atom. The molecule has 0 heterocycles. The SMILES string of the molecule is CCCCCCCC(C)COCCCN. The van der Waals surface area contributed by atoms with E-state index in [2.05, 4.69) is 13.8 Å². The average molecular weight is 215 g/mol. The van der Waals surface area contributed by atoms with Gasteiger partial charge in [0.05, 0.1) is 0 Å². The van der Waals surface area contributed by atoms with Gasteiger partial charge in [0.2, 0.25) is 0 Å². The van der Waals surface area contributed by atoms with Crippen LogP contribution < -0.4 is 5.73 Å². The molecule has 1 atom stereocenters. The highest BCUT2D eigenvalue weighted by molar-refractivity contribution is 4.53. The van der Waals surface area contributed by atoms with Crippen molar-refractivity contribution < 1.29 is 4.74 Å². The van der Waals surface area contributed by atoms with Gasteiger partial charge in [0, 0.05) is 13.2 Å². The Morgan fingerprint density at radius 2 is 1.80 bits per heavy atom. The van der Waals surface area contributed by atoms with Crippen molar-refractivity contribution in [3.63, 3.8) is 0 Å². The van der Waals surface area contributed by atoms with Crippen LogP contribution >= 0.6 is 0 Å². The highest BCUT2D eigenvalue weighted by atomic mass is 16.5. The Hall–Kier alpha value is -0.0800. The first-order chi connectivity index (χ1) is 7.31. The molecule has 0 aliphatic carbocycles. The Bertz CT molecular complexity index is 117. The predicted octanol–water partition coefficient (Wildman–Crippen LogP) is 3.35. The standard InChI is InChI=1S/C13H29NO/c1-3-4-5-6-7-9-13(2)12-15-11-8-10-14/h13H,3-12,14H2,1-2H3. The van der Waals surface area contributed by atoms with Gasteiger partial charge in [-0.25, -0.2) is 0 Å². The molecule has 0 rings (SSSR count). The van der Waals surface area contributed by atoms with E-state index in [0.717, 1.165) is 26.2 Å². The molecule has 0 aromatic heterocycles. The molecule has 0 aliphatic rings. The summed E-state index contributed by atoms with van der Waals surface area (Å²) in [7, 11) is 0. The van der Waals surface area contributed by atoms with E-state index in [4.69, 9.17) is 10.5 Å². The number of hydrogen-bond donors (Lipinski definition) is 1. The van der Waals surface area contributed by atoms with Crippen molar-refractivity contribution in [1.29, 1.82) is 0 Å². The Morgan fingerprint density at radius 1 is 1.07 bits per heavy atom. The predicted molar refractivity (Wildman–Crippen MR) is 67.0 cm³/mol. The molecule has 2 heteroatoms. The quantitative estimate of drug-likeness (QED) is 0.536. The molecule has 2 nitrogen and oxygen atoms in total. The van der Waals surface area contributed by atoms with Crippen LogP contribution in [0, 0.1) is 5.92 Å². The zero-order valence-electron chi connectivity index (χ0n) is 10.6. The van der Waals surface area contributed by atoms with E-state index >= 15 is 0 Å². The maximum atomic E-state index is 5.53. The molecule has 1 unspecified atom stereocenters. The fourth-order valence-electron chi connectivity index (χ4n) is 1.65. The summed E-state index contributed by atoms with van der Waals surface area (Å²) in [4.78, 5) is 0. The second-order valence-electron chi connectivity index (χ2n) is 4.53. The van der Waals surface area contributed by atoms with Gasteiger partial charge in [-0.3, -0.25) is 0 Å². The second kappa shape index (κ2) is 12.0. The first-order valence-corrected chi connectivity index (χ1v) is 6.59. The van der Waals surface area contributed by atoms with Crippen LogP contribution in [0.1, 0.15) is 58.8 Å². The molecule has 2 N–H and O–H groups in total. The van der Waals surface area contributed by atoms with Crippen molar-refractivity contribution in [3.8, 4) is 0 Å².